The fourth-order valence-corrected chi connectivity index (χ4v) is 4.24. The molecule has 0 bridgehead atoms. The first kappa shape index (κ1) is 22.1. The number of aromatic nitrogens is 2. The molecule has 2 atom stereocenters. The maximum atomic E-state index is 13.3. The van der Waals surface area contributed by atoms with Gasteiger partial charge in [0.25, 0.3) is 0 Å². The van der Waals surface area contributed by atoms with Gasteiger partial charge in [0.05, 0.1) is 5.52 Å². The highest BCUT2D eigenvalue weighted by atomic mass is 35.5. The van der Waals surface area contributed by atoms with Crippen molar-refractivity contribution in [3.05, 3.63) is 89.4 Å². The van der Waals surface area contributed by atoms with Gasteiger partial charge in [-0.05, 0) is 49.9 Å². The molecule has 1 heterocycles. The van der Waals surface area contributed by atoms with Gasteiger partial charge in [-0.15, -0.1) is 0 Å². The second-order valence-electron chi connectivity index (χ2n) is 8.18. The summed E-state index contributed by atoms with van der Waals surface area (Å²) in [5.41, 5.74) is 4.03. The normalized spacial score (nSPS) is 13.1. The Bertz CT molecular complexity index is 1190. The van der Waals surface area contributed by atoms with Gasteiger partial charge in [0.15, 0.2) is 0 Å². The zero-order chi connectivity index (χ0) is 22.5. The van der Waals surface area contributed by atoms with E-state index >= 15 is 0 Å². The van der Waals surface area contributed by atoms with Gasteiger partial charge in [-0.2, -0.15) is 5.10 Å². The number of fused-ring (bicyclic) bond motifs is 1. The average molecular weight is 446 g/mol. The number of benzene rings is 3. The van der Waals surface area contributed by atoms with Gasteiger partial charge < -0.3 is 5.32 Å². The van der Waals surface area contributed by atoms with E-state index in [9.17, 15) is 4.79 Å². The van der Waals surface area contributed by atoms with Crippen LogP contribution in [0, 0.1) is 0 Å². The van der Waals surface area contributed by atoms with Crippen LogP contribution in [0.25, 0.3) is 22.2 Å². The summed E-state index contributed by atoms with van der Waals surface area (Å²) in [7, 11) is 0. The van der Waals surface area contributed by atoms with Crippen LogP contribution in [0.3, 0.4) is 0 Å². The SMILES string of the molecule is CCC(C(=O)NC(C)CCc1ccccc1)n1nc(-c2ccccc2)c2cc(Cl)ccc21. The second kappa shape index (κ2) is 10.0. The highest BCUT2D eigenvalue weighted by Crippen LogP contribution is 2.32. The number of nitrogens with one attached hydrogen (secondary N) is 1. The topological polar surface area (TPSA) is 46.9 Å². The molecular weight excluding hydrogens is 418 g/mol. The number of rotatable bonds is 8. The van der Waals surface area contributed by atoms with Crippen LogP contribution >= 0.6 is 11.6 Å². The lowest BCUT2D eigenvalue weighted by Gasteiger charge is -2.20. The Kier molecular flexibility index (Phi) is 6.91. The lowest BCUT2D eigenvalue weighted by Crippen LogP contribution is -2.38. The third-order valence-corrected chi connectivity index (χ3v) is 6.03. The molecule has 0 aliphatic heterocycles. The number of nitrogens with zero attached hydrogens (tertiary/aromatic N) is 2. The van der Waals surface area contributed by atoms with Gasteiger partial charge in [-0.3, -0.25) is 9.48 Å². The van der Waals surface area contributed by atoms with Crippen LogP contribution in [0.1, 0.15) is 38.3 Å². The van der Waals surface area contributed by atoms with E-state index in [0.717, 1.165) is 35.0 Å². The maximum Gasteiger partial charge on any atom is 0.245 e. The van der Waals surface area contributed by atoms with Gasteiger partial charge in [0, 0.05) is 22.0 Å². The molecule has 2 unspecified atom stereocenters. The van der Waals surface area contributed by atoms with Crippen LogP contribution in [-0.4, -0.2) is 21.7 Å². The monoisotopic (exact) mass is 445 g/mol. The number of hydrogen-bond donors (Lipinski definition) is 1. The first-order valence-corrected chi connectivity index (χ1v) is 11.5. The van der Waals surface area contributed by atoms with Crippen molar-refractivity contribution in [3.63, 3.8) is 0 Å². The quantitative estimate of drug-likeness (QED) is 0.339. The summed E-state index contributed by atoms with van der Waals surface area (Å²) in [5, 5.41) is 9.69. The molecule has 0 saturated carbocycles. The molecule has 4 rings (SSSR count). The molecule has 164 valence electrons. The highest BCUT2D eigenvalue weighted by Gasteiger charge is 2.24. The Hall–Kier alpha value is -3.11. The minimum absolute atomic E-state index is 0.00739. The summed E-state index contributed by atoms with van der Waals surface area (Å²) >= 11 is 6.30. The molecule has 32 heavy (non-hydrogen) atoms. The van der Waals surface area contributed by atoms with E-state index in [1.54, 1.807) is 0 Å². The maximum absolute atomic E-state index is 13.3. The van der Waals surface area contributed by atoms with Crippen molar-refractivity contribution >= 4 is 28.4 Å². The molecule has 1 amide bonds. The smallest absolute Gasteiger partial charge is 0.245 e. The van der Waals surface area contributed by atoms with E-state index in [-0.39, 0.29) is 11.9 Å². The van der Waals surface area contributed by atoms with Crippen molar-refractivity contribution in [1.82, 2.24) is 15.1 Å². The summed E-state index contributed by atoms with van der Waals surface area (Å²) in [4.78, 5) is 13.3. The average Bonchev–Trinajstić information content (AvgIpc) is 3.18. The fraction of sp³-hybridized carbons (Fsp3) is 0.259. The number of carbonyl (C=O) groups is 1. The first-order valence-electron chi connectivity index (χ1n) is 11.1. The molecule has 1 N–H and O–H groups in total. The van der Waals surface area contributed by atoms with Gasteiger partial charge in [0.2, 0.25) is 5.91 Å². The molecule has 0 fully saturated rings. The number of amides is 1. The fourth-order valence-electron chi connectivity index (χ4n) is 4.07. The van der Waals surface area contributed by atoms with Crippen LogP contribution in [0.5, 0.6) is 0 Å². The Morgan fingerprint density at radius 2 is 1.72 bits per heavy atom. The minimum Gasteiger partial charge on any atom is -0.352 e. The predicted molar refractivity (Wildman–Crippen MR) is 132 cm³/mol. The van der Waals surface area contributed by atoms with Crippen molar-refractivity contribution in [1.29, 1.82) is 0 Å². The highest BCUT2D eigenvalue weighted by molar-refractivity contribution is 6.31. The van der Waals surface area contributed by atoms with Gasteiger partial charge in [-0.1, -0.05) is 79.2 Å². The first-order chi connectivity index (χ1) is 15.6. The van der Waals surface area contributed by atoms with E-state index in [1.165, 1.54) is 5.56 Å². The zero-order valence-electron chi connectivity index (χ0n) is 18.5. The molecule has 3 aromatic carbocycles. The summed E-state index contributed by atoms with van der Waals surface area (Å²) in [6.45, 7) is 4.08. The zero-order valence-corrected chi connectivity index (χ0v) is 19.2. The van der Waals surface area contributed by atoms with E-state index in [2.05, 4.69) is 24.4 Å². The molecule has 0 radical (unpaired) electrons. The van der Waals surface area contributed by atoms with Crippen molar-refractivity contribution in [2.75, 3.05) is 0 Å². The van der Waals surface area contributed by atoms with Crippen LogP contribution < -0.4 is 5.32 Å². The third-order valence-electron chi connectivity index (χ3n) is 5.80. The largest absolute Gasteiger partial charge is 0.352 e. The van der Waals surface area contributed by atoms with E-state index in [1.807, 2.05) is 78.3 Å². The molecule has 0 spiro atoms. The van der Waals surface area contributed by atoms with Gasteiger partial charge in [-0.25, -0.2) is 0 Å². The van der Waals surface area contributed by atoms with Crippen molar-refractivity contribution in [2.24, 2.45) is 0 Å². The lowest BCUT2D eigenvalue weighted by molar-refractivity contribution is -0.125. The van der Waals surface area contributed by atoms with Crippen LogP contribution in [0.15, 0.2) is 78.9 Å². The molecular formula is C27H28ClN3O. The molecule has 4 nitrogen and oxygen atoms in total. The Morgan fingerprint density at radius 3 is 2.41 bits per heavy atom. The number of hydrogen-bond acceptors (Lipinski definition) is 2. The predicted octanol–water partition coefficient (Wildman–Crippen LogP) is 6.45. The molecule has 0 saturated heterocycles. The van der Waals surface area contributed by atoms with Crippen molar-refractivity contribution in [2.45, 2.75) is 45.2 Å². The number of carbonyl (C=O) groups excluding carboxylic acids is 1. The molecule has 0 aliphatic rings. The molecule has 1 aromatic heterocycles. The molecule has 5 heteroatoms. The number of halogens is 1. The van der Waals surface area contributed by atoms with E-state index in [4.69, 9.17) is 16.7 Å². The summed E-state index contributed by atoms with van der Waals surface area (Å²) in [5.74, 6) is -0.00739. The third kappa shape index (κ3) is 4.86. The Morgan fingerprint density at radius 1 is 1.03 bits per heavy atom. The summed E-state index contributed by atoms with van der Waals surface area (Å²) < 4.78 is 1.85. The second-order valence-corrected chi connectivity index (χ2v) is 8.62. The number of aryl methyl sites for hydroxylation is 1. The van der Waals surface area contributed by atoms with Crippen LogP contribution in [-0.2, 0) is 11.2 Å². The standard InChI is InChI=1S/C27H28ClN3O/c1-3-24(27(32)29-19(2)14-15-20-10-6-4-7-11-20)31-25-17-16-22(28)18-23(25)26(30-31)21-12-8-5-9-13-21/h4-13,16-19,24H,3,14-15H2,1-2H3,(H,29,32). The summed E-state index contributed by atoms with van der Waals surface area (Å²) in [6.07, 6.45) is 2.46. The van der Waals surface area contributed by atoms with E-state index in [0.29, 0.717) is 11.4 Å². The molecule has 0 aliphatic carbocycles. The van der Waals surface area contributed by atoms with Gasteiger partial charge in [0.1, 0.15) is 11.7 Å². The van der Waals surface area contributed by atoms with Crippen molar-refractivity contribution < 1.29 is 4.79 Å². The lowest BCUT2D eigenvalue weighted by atomic mass is 10.1. The Balaban J connectivity index is 1.58. The Labute approximate surface area is 194 Å². The summed E-state index contributed by atoms with van der Waals surface area (Å²) in [6, 6.07) is 25.8. The minimum atomic E-state index is -0.393. The van der Waals surface area contributed by atoms with Gasteiger partial charge >= 0.3 is 0 Å². The van der Waals surface area contributed by atoms with E-state index < -0.39 is 6.04 Å². The molecule has 4 aromatic rings. The van der Waals surface area contributed by atoms with Crippen molar-refractivity contribution in [3.8, 4) is 11.3 Å². The van der Waals surface area contributed by atoms with Crippen LogP contribution in [0.2, 0.25) is 5.02 Å². The van der Waals surface area contributed by atoms with Crippen LogP contribution in [0.4, 0.5) is 0 Å².